The fraction of sp³-hybridized carbons (Fsp3) is 0.571. The number of rotatable bonds is 7. The van der Waals surface area contributed by atoms with E-state index in [0.29, 0.717) is 11.6 Å². The summed E-state index contributed by atoms with van der Waals surface area (Å²) in [6.45, 7) is 4.84. The number of hydrogen-bond acceptors (Lipinski definition) is 4. The van der Waals surface area contributed by atoms with Gasteiger partial charge in [-0.05, 0) is 18.2 Å². The molecule has 0 spiro atoms. The highest BCUT2D eigenvalue weighted by Gasteiger charge is 2.20. The maximum absolute atomic E-state index is 12.3. The van der Waals surface area contributed by atoms with E-state index in [1.165, 1.54) is 18.1 Å². The van der Waals surface area contributed by atoms with Gasteiger partial charge in [-0.3, -0.25) is 0 Å². The van der Waals surface area contributed by atoms with Crippen LogP contribution in [0, 0.1) is 0 Å². The summed E-state index contributed by atoms with van der Waals surface area (Å²) in [5.41, 5.74) is 0. The normalized spacial score (nSPS) is 16.6. The lowest BCUT2D eigenvalue weighted by Crippen LogP contribution is -3.14. The van der Waals surface area contributed by atoms with Crippen LogP contribution in [0.4, 0.5) is 0 Å². The number of methoxy groups -OCH3 is 1. The second-order valence-corrected chi connectivity index (χ2v) is 7.33. The smallest absolute Gasteiger partial charge is 0.244 e. The standard InChI is InChI=1S/C14H21ClN2O4S/c1-20-13-4-3-12(15)11-14(13)22(18,19)16-5-2-6-17-7-9-21-10-8-17/h3-4,11,16H,2,5-10H2,1H3/p+1. The van der Waals surface area contributed by atoms with Crippen molar-refractivity contribution < 1.29 is 22.8 Å². The van der Waals surface area contributed by atoms with Gasteiger partial charge in [-0.25, -0.2) is 13.1 Å². The fourth-order valence-electron chi connectivity index (χ4n) is 2.39. The van der Waals surface area contributed by atoms with E-state index in [2.05, 4.69) is 4.72 Å². The molecule has 1 aromatic carbocycles. The van der Waals surface area contributed by atoms with E-state index >= 15 is 0 Å². The molecule has 1 heterocycles. The molecule has 0 aliphatic carbocycles. The summed E-state index contributed by atoms with van der Waals surface area (Å²) in [7, 11) is -2.19. The lowest BCUT2D eigenvalue weighted by atomic mass is 10.3. The Bertz CT molecular complexity index is 589. The van der Waals surface area contributed by atoms with Crippen molar-refractivity contribution in [1.82, 2.24) is 4.72 Å². The molecule has 1 fully saturated rings. The monoisotopic (exact) mass is 349 g/mol. The molecule has 124 valence electrons. The minimum atomic E-state index is -3.62. The molecule has 0 amide bonds. The summed E-state index contributed by atoms with van der Waals surface area (Å²) in [6, 6.07) is 4.55. The summed E-state index contributed by atoms with van der Waals surface area (Å²) < 4.78 is 37.7. The molecule has 2 rings (SSSR count). The summed E-state index contributed by atoms with van der Waals surface area (Å²) in [5.74, 6) is 0.288. The zero-order valence-electron chi connectivity index (χ0n) is 12.6. The first-order valence-electron chi connectivity index (χ1n) is 7.27. The van der Waals surface area contributed by atoms with Gasteiger partial charge < -0.3 is 14.4 Å². The molecule has 0 bridgehead atoms. The van der Waals surface area contributed by atoms with Crippen molar-refractivity contribution in [3.8, 4) is 5.75 Å². The number of nitrogens with one attached hydrogen (secondary N) is 2. The van der Waals surface area contributed by atoms with Gasteiger partial charge in [-0.1, -0.05) is 11.6 Å². The molecule has 6 nitrogen and oxygen atoms in total. The van der Waals surface area contributed by atoms with Crippen LogP contribution in [0.5, 0.6) is 5.75 Å². The molecule has 0 aromatic heterocycles. The molecule has 1 saturated heterocycles. The SMILES string of the molecule is COc1ccc(Cl)cc1S(=O)(=O)NCCC[NH+]1CCOCC1. The second-order valence-electron chi connectivity index (χ2n) is 5.16. The van der Waals surface area contributed by atoms with Crippen molar-refractivity contribution in [3.63, 3.8) is 0 Å². The first-order chi connectivity index (χ1) is 10.5. The zero-order chi connectivity index (χ0) is 16.0. The van der Waals surface area contributed by atoms with Crippen molar-refractivity contribution in [1.29, 1.82) is 0 Å². The van der Waals surface area contributed by atoms with Crippen molar-refractivity contribution >= 4 is 21.6 Å². The van der Waals surface area contributed by atoms with Crippen LogP contribution in [0.3, 0.4) is 0 Å². The quantitative estimate of drug-likeness (QED) is 0.676. The van der Waals surface area contributed by atoms with Crippen molar-refractivity contribution in [2.75, 3.05) is 46.5 Å². The predicted octanol–water partition coefficient (Wildman–Crippen LogP) is -0.0679. The summed E-state index contributed by atoms with van der Waals surface area (Å²) in [4.78, 5) is 1.52. The lowest BCUT2D eigenvalue weighted by Gasteiger charge is -2.23. The Kier molecular flexibility index (Phi) is 6.46. The molecule has 0 saturated carbocycles. The van der Waals surface area contributed by atoms with E-state index in [9.17, 15) is 8.42 Å². The Morgan fingerprint density at radius 2 is 2.09 bits per heavy atom. The highest BCUT2D eigenvalue weighted by atomic mass is 35.5. The average Bonchev–Trinajstić information content (AvgIpc) is 2.52. The Morgan fingerprint density at radius 3 is 2.77 bits per heavy atom. The van der Waals surface area contributed by atoms with Crippen LogP contribution in [-0.4, -0.2) is 54.9 Å². The average molecular weight is 350 g/mol. The third kappa shape index (κ3) is 4.82. The van der Waals surface area contributed by atoms with Crippen LogP contribution in [-0.2, 0) is 14.8 Å². The van der Waals surface area contributed by atoms with Crippen LogP contribution in [0.2, 0.25) is 5.02 Å². The largest absolute Gasteiger partial charge is 0.495 e. The Morgan fingerprint density at radius 1 is 1.36 bits per heavy atom. The number of ether oxygens (including phenoxy) is 2. The number of hydrogen-bond donors (Lipinski definition) is 2. The van der Waals surface area contributed by atoms with Crippen LogP contribution < -0.4 is 14.4 Å². The number of halogens is 1. The highest BCUT2D eigenvalue weighted by Crippen LogP contribution is 2.26. The van der Waals surface area contributed by atoms with E-state index < -0.39 is 10.0 Å². The minimum absolute atomic E-state index is 0.0706. The maximum atomic E-state index is 12.3. The maximum Gasteiger partial charge on any atom is 0.244 e. The summed E-state index contributed by atoms with van der Waals surface area (Å²) in [6.07, 6.45) is 0.775. The van der Waals surface area contributed by atoms with Gasteiger partial charge in [0, 0.05) is 18.0 Å². The molecule has 1 aliphatic rings. The van der Waals surface area contributed by atoms with Crippen molar-refractivity contribution in [3.05, 3.63) is 23.2 Å². The molecule has 0 atom stereocenters. The van der Waals surface area contributed by atoms with Crippen LogP contribution in [0.25, 0.3) is 0 Å². The van der Waals surface area contributed by atoms with Gasteiger partial charge in [0.2, 0.25) is 10.0 Å². The van der Waals surface area contributed by atoms with E-state index in [0.717, 1.165) is 39.3 Å². The van der Waals surface area contributed by atoms with Gasteiger partial charge >= 0.3 is 0 Å². The molecule has 22 heavy (non-hydrogen) atoms. The van der Waals surface area contributed by atoms with E-state index in [1.54, 1.807) is 12.1 Å². The third-order valence-corrected chi connectivity index (χ3v) is 5.33. The first-order valence-corrected chi connectivity index (χ1v) is 9.13. The lowest BCUT2D eigenvalue weighted by molar-refractivity contribution is -0.908. The van der Waals surface area contributed by atoms with Crippen LogP contribution >= 0.6 is 11.6 Å². The molecule has 1 aliphatic heterocycles. The van der Waals surface area contributed by atoms with Gasteiger partial charge in [-0.2, -0.15) is 0 Å². The number of benzene rings is 1. The van der Waals surface area contributed by atoms with E-state index in [-0.39, 0.29) is 10.6 Å². The van der Waals surface area contributed by atoms with E-state index in [1.807, 2.05) is 0 Å². The van der Waals surface area contributed by atoms with Crippen molar-refractivity contribution in [2.24, 2.45) is 0 Å². The Hall–Kier alpha value is -0.860. The minimum Gasteiger partial charge on any atom is -0.495 e. The van der Waals surface area contributed by atoms with Gasteiger partial charge in [-0.15, -0.1) is 0 Å². The van der Waals surface area contributed by atoms with Crippen LogP contribution in [0.15, 0.2) is 23.1 Å². The van der Waals surface area contributed by atoms with E-state index in [4.69, 9.17) is 21.1 Å². The third-order valence-electron chi connectivity index (χ3n) is 3.61. The highest BCUT2D eigenvalue weighted by molar-refractivity contribution is 7.89. The molecule has 1 aromatic rings. The second kappa shape index (κ2) is 8.12. The summed E-state index contributed by atoms with van der Waals surface area (Å²) in [5, 5.41) is 0.360. The molecular weight excluding hydrogens is 328 g/mol. The predicted molar refractivity (Wildman–Crippen MR) is 84.2 cm³/mol. The Labute approximate surface area is 136 Å². The number of morpholine rings is 1. The first kappa shape index (κ1) is 17.5. The number of quaternary nitrogens is 1. The molecule has 0 unspecified atom stereocenters. The summed E-state index contributed by atoms with van der Waals surface area (Å²) >= 11 is 5.88. The van der Waals surface area contributed by atoms with Gasteiger partial charge in [0.15, 0.2) is 0 Å². The van der Waals surface area contributed by atoms with Gasteiger partial charge in [0.1, 0.15) is 23.7 Å². The Balaban J connectivity index is 1.89. The zero-order valence-corrected chi connectivity index (χ0v) is 14.2. The van der Waals surface area contributed by atoms with Crippen molar-refractivity contribution in [2.45, 2.75) is 11.3 Å². The van der Waals surface area contributed by atoms with Crippen LogP contribution in [0.1, 0.15) is 6.42 Å². The fourth-order valence-corrected chi connectivity index (χ4v) is 3.90. The molecule has 2 N–H and O–H groups in total. The topological polar surface area (TPSA) is 69.1 Å². The van der Waals surface area contributed by atoms with Gasteiger partial charge in [0.05, 0.1) is 26.9 Å². The van der Waals surface area contributed by atoms with Gasteiger partial charge in [0.25, 0.3) is 0 Å². The molecule has 0 radical (unpaired) electrons. The molecular formula is C14H22ClN2O4S+. The number of sulfonamides is 1. The molecule has 8 heteroatoms.